The molecule has 1 aromatic heterocycles. The summed E-state index contributed by atoms with van der Waals surface area (Å²) in [5.74, 6) is 0.501. The van der Waals surface area contributed by atoms with Gasteiger partial charge in [-0.3, -0.25) is 9.79 Å². The number of carbonyl (C=O) groups excluding carboxylic acids is 1. The van der Waals surface area contributed by atoms with Gasteiger partial charge in [-0.05, 0) is 61.0 Å². The maximum Gasteiger partial charge on any atom is 0.234 e. The van der Waals surface area contributed by atoms with Crippen LogP contribution in [0.2, 0.25) is 5.02 Å². The fraction of sp³-hybridized carbons (Fsp3) is 0.192. The minimum atomic E-state index is -0.423. The molecule has 0 saturated carbocycles. The monoisotopic (exact) mass is 527 g/mol. The number of thioether (sulfide) groups is 1. The van der Waals surface area contributed by atoms with E-state index >= 15 is 0 Å². The van der Waals surface area contributed by atoms with Crippen molar-refractivity contribution in [2.75, 3.05) is 17.7 Å². The highest BCUT2D eigenvalue weighted by atomic mass is 35.5. The van der Waals surface area contributed by atoms with E-state index in [0.717, 1.165) is 38.8 Å². The number of carbonyl (C=O) groups is 1. The number of hydrogen-bond acceptors (Lipinski definition) is 6. The van der Waals surface area contributed by atoms with Gasteiger partial charge in [0.2, 0.25) is 5.91 Å². The van der Waals surface area contributed by atoms with Gasteiger partial charge in [-0.1, -0.05) is 42.8 Å². The highest BCUT2D eigenvalue weighted by Gasteiger charge is 2.10. The first-order valence-corrected chi connectivity index (χ1v) is 13.2. The first kappa shape index (κ1) is 25.2. The number of anilines is 1. The van der Waals surface area contributed by atoms with Crippen LogP contribution in [-0.4, -0.2) is 29.5 Å². The number of aromatic nitrogens is 1. The lowest BCUT2D eigenvalue weighted by molar-refractivity contribution is -0.113. The van der Waals surface area contributed by atoms with E-state index in [0.29, 0.717) is 17.3 Å². The van der Waals surface area contributed by atoms with Crippen molar-refractivity contribution in [2.24, 2.45) is 4.99 Å². The van der Waals surface area contributed by atoms with Gasteiger partial charge in [0.05, 0.1) is 33.3 Å². The average Bonchev–Trinajstić information content (AvgIpc) is 3.26. The van der Waals surface area contributed by atoms with Crippen molar-refractivity contribution < 1.29 is 13.9 Å². The summed E-state index contributed by atoms with van der Waals surface area (Å²) >= 11 is 8.91. The summed E-state index contributed by atoms with van der Waals surface area (Å²) in [6.45, 7) is 2.81. The molecule has 0 aliphatic rings. The Hall–Kier alpha value is -2.94. The van der Waals surface area contributed by atoms with E-state index in [4.69, 9.17) is 16.3 Å². The van der Waals surface area contributed by atoms with Crippen molar-refractivity contribution in [3.8, 4) is 5.75 Å². The summed E-state index contributed by atoms with van der Waals surface area (Å²) in [6, 6.07) is 17.4. The van der Waals surface area contributed by atoms with Crippen LogP contribution in [-0.2, 0) is 4.79 Å². The van der Waals surface area contributed by atoms with Gasteiger partial charge >= 0.3 is 0 Å². The molecule has 9 heteroatoms. The van der Waals surface area contributed by atoms with Gasteiger partial charge in [0.25, 0.3) is 0 Å². The van der Waals surface area contributed by atoms with Crippen LogP contribution in [0.15, 0.2) is 70.0 Å². The Morgan fingerprint density at radius 2 is 2.06 bits per heavy atom. The van der Waals surface area contributed by atoms with E-state index in [2.05, 4.69) is 22.2 Å². The van der Waals surface area contributed by atoms with Crippen LogP contribution in [0.25, 0.3) is 10.2 Å². The zero-order valence-corrected chi connectivity index (χ0v) is 21.4. The van der Waals surface area contributed by atoms with Crippen LogP contribution >= 0.6 is 34.7 Å². The summed E-state index contributed by atoms with van der Waals surface area (Å²) in [6.07, 6.45) is 3.52. The standard InChI is InChI=1S/C26H23ClFN3O2S2/c1-2-3-13-33-19-10-7-17(8-11-19)30-25(32)16-34-26-31-23-12-9-18(14-24(23)35-26)29-15-20-21(27)5-4-6-22(20)28/h4-12,14-15H,2-3,13,16H2,1H3,(H,30,32). The minimum Gasteiger partial charge on any atom is -0.494 e. The normalized spacial score (nSPS) is 11.3. The second-order valence-electron chi connectivity index (χ2n) is 7.59. The maximum atomic E-state index is 13.9. The molecule has 0 saturated heterocycles. The molecular weight excluding hydrogens is 505 g/mol. The van der Waals surface area contributed by atoms with Gasteiger partial charge < -0.3 is 10.1 Å². The molecule has 0 aliphatic heterocycles. The lowest BCUT2D eigenvalue weighted by Crippen LogP contribution is -2.13. The Bertz CT molecular complexity index is 1320. The summed E-state index contributed by atoms with van der Waals surface area (Å²) in [7, 11) is 0. The molecule has 35 heavy (non-hydrogen) atoms. The van der Waals surface area contributed by atoms with Crippen LogP contribution in [0.4, 0.5) is 15.8 Å². The number of nitrogens with one attached hydrogen (secondary N) is 1. The molecule has 180 valence electrons. The van der Waals surface area contributed by atoms with E-state index in [1.807, 2.05) is 42.5 Å². The second-order valence-corrected chi connectivity index (χ2v) is 10.2. The quantitative estimate of drug-likeness (QED) is 0.130. The molecule has 1 heterocycles. The zero-order chi connectivity index (χ0) is 24.6. The van der Waals surface area contributed by atoms with E-state index in [9.17, 15) is 9.18 Å². The number of ether oxygens (including phenoxy) is 1. The van der Waals surface area contributed by atoms with E-state index in [1.165, 1.54) is 35.4 Å². The average molecular weight is 528 g/mol. The van der Waals surface area contributed by atoms with Crippen molar-refractivity contribution in [2.45, 2.75) is 24.1 Å². The van der Waals surface area contributed by atoms with Crippen molar-refractivity contribution in [1.82, 2.24) is 4.98 Å². The Morgan fingerprint density at radius 3 is 2.83 bits per heavy atom. The van der Waals surface area contributed by atoms with Crippen molar-refractivity contribution >= 4 is 68.4 Å². The van der Waals surface area contributed by atoms with E-state index in [1.54, 1.807) is 12.1 Å². The molecule has 0 atom stereocenters. The molecule has 0 spiro atoms. The third-order valence-corrected chi connectivity index (χ3v) is 7.42. The lowest BCUT2D eigenvalue weighted by Gasteiger charge is -2.07. The Morgan fingerprint density at radius 1 is 1.23 bits per heavy atom. The molecule has 4 rings (SSSR count). The first-order valence-electron chi connectivity index (χ1n) is 11.1. The number of unbranched alkanes of at least 4 members (excludes halogenated alkanes) is 1. The molecule has 0 fully saturated rings. The van der Waals surface area contributed by atoms with Crippen molar-refractivity contribution in [3.63, 3.8) is 0 Å². The first-order chi connectivity index (χ1) is 17.0. The van der Waals surface area contributed by atoms with Gasteiger partial charge in [0.15, 0.2) is 4.34 Å². The van der Waals surface area contributed by atoms with Crippen LogP contribution in [0.1, 0.15) is 25.3 Å². The van der Waals surface area contributed by atoms with Gasteiger partial charge in [-0.2, -0.15) is 0 Å². The molecule has 1 amide bonds. The molecule has 0 unspecified atom stereocenters. The van der Waals surface area contributed by atoms with Gasteiger partial charge in [0.1, 0.15) is 11.6 Å². The molecular formula is C26H23ClFN3O2S2. The molecule has 1 N–H and O–H groups in total. The Balaban J connectivity index is 1.33. The second kappa shape index (κ2) is 12.2. The number of thiazole rings is 1. The van der Waals surface area contributed by atoms with Gasteiger partial charge in [-0.25, -0.2) is 9.37 Å². The van der Waals surface area contributed by atoms with Gasteiger partial charge in [-0.15, -0.1) is 11.3 Å². The number of rotatable bonds is 10. The summed E-state index contributed by atoms with van der Waals surface area (Å²) in [4.78, 5) is 21.3. The molecule has 0 bridgehead atoms. The van der Waals surface area contributed by atoms with Crippen molar-refractivity contribution in [3.05, 3.63) is 77.1 Å². The Kier molecular flexibility index (Phi) is 8.74. The highest BCUT2D eigenvalue weighted by Crippen LogP contribution is 2.32. The van der Waals surface area contributed by atoms with E-state index in [-0.39, 0.29) is 17.2 Å². The molecule has 5 nitrogen and oxygen atoms in total. The highest BCUT2D eigenvalue weighted by molar-refractivity contribution is 8.01. The van der Waals surface area contributed by atoms with E-state index < -0.39 is 5.82 Å². The molecule has 3 aromatic carbocycles. The number of hydrogen-bond donors (Lipinski definition) is 1. The summed E-state index contributed by atoms with van der Waals surface area (Å²) < 4.78 is 21.3. The number of fused-ring (bicyclic) bond motifs is 1. The third-order valence-electron chi connectivity index (χ3n) is 4.93. The number of aliphatic imine (C=N–C) groups is 1. The van der Waals surface area contributed by atoms with Crippen LogP contribution in [0.3, 0.4) is 0 Å². The summed E-state index contributed by atoms with van der Waals surface area (Å²) in [5, 5.41) is 3.20. The van der Waals surface area contributed by atoms with Crippen molar-refractivity contribution in [1.29, 1.82) is 0 Å². The number of benzene rings is 3. The van der Waals surface area contributed by atoms with Gasteiger partial charge in [0, 0.05) is 17.5 Å². The Labute approximate surface area is 216 Å². The predicted molar refractivity (Wildman–Crippen MR) is 144 cm³/mol. The fourth-order valence-electron chi connectivity index (χ4n) is 3.10. The largest absolute Gasteiger partial charge is 0.494 e. The molecule has 4 aromatic rings. The van der Waals surface area contributed by atoms with Crippen LogP contribution in [0, 0.1) is 5.82 Å². The number of halogens is 2. The maximum absolute atomic E-state index is 13.9. The topological polar surface area (TPSA) is 63.6 Å². The van der Waals surface area contributed by atoms with Crippen LogP contribution in [0.5, 0.6) is 5.75 Å². The SMILES string of the molecule is CCCCOc1ccc(NC(=O)CSc2nc3ccc(N=Cc4c(F)cccc4Cl)cc3s2)cc1. The minimum absolute atomic E-state index is 0.110. The zero-order valence-electron chi connectivity index (χ0n) is 19.0. The lowest BCUT2D eigenvalue weighted by atomic mass is 10.2. The predicted octanol–water partition coefficient (Wildman–Crippen LogP) is 7.75. The smallest absolute Gasteiger partial charge is 0.234 e. The number of amides is 1. The fourth-order valence-corrected chi connectivity index (χ4v) is 5.21. The third kappa shape index (κ3) is 7.04. The summed E-state index contributed by atoms with van der Waals surface area (Å²) in [5.41, 5.74) is 2.45. The van der Waals surface area contributed by atoms with Crippen LogP contribution < -0.4 is 10.1 Å². The number of nitrogens with zero attached hydrogens (tertiary/aromatic N) is 2. The molecule has 0 radical (unpaired) electrons. The molecule has 0 aliphatic carbocycles.